The topological polar surface area (TPSA) is 72.4 Å². The number of hydrogen-bond donors (Lipinski definition) is 1. The Morgan fingerprint density at radius 1 is 1.19 bits per heavy atom. The van der Waals surface area contributed by atoms with Gasteiger partial charge in [0.1, 0.15) is 0 Å². The van der Waals surface area contributed by atoms with Crippen molar-refractivity contribution in [2.24, 2.45) is 16.8 Å². The van der Waals surface area contributed by atoms with E-state index >= 15 is 0 Å². The second-order valence-electron chi connectivity index (χ2n) is 8.12. The van der Waals surface area contributed by atoms with Gasteiger partial charge in [0.05, 0.1) is 32.3 Å². The second-order valence-corrected chi connectivity index (χ2v) is 8.12. The number of esters is 1. The summed E-state index contributed by atoms with van der Waals surface area (Å²) in [6.07, 6.45) is 2.26. The molecule has 2 atom stereocenters. The van der Waals surface area contributed by atoms with Crippen molar-refractivity contribution in [3.63, 3.8) is 0 Å². The van der Waals surface area contributed by atoms with Gasteiger partial charge in [-0.2, -0.15) is 0 Å². The van der Waals surface area contributed by atoms with Crippen LogP contribution < -0.4 is 5.32 Å². The highest BCUT2D eigenvalue weighted by Gasteiger charge is 2.36. The van der Waals surface area contributed by atoms with Crippen LogP contribution in [0.2, 0.25) is 0 Å². The summed E-state index contributed by atoms with van der Waals surface area (Å²) in [5.74, 6) is 0.854. The lowest BCUT2D eigenvalue weighted by molar-refractivity contribution is -0.145. The molecule has 8 heteroatoms. The lowest BCUT2D eigenvalue weighted by atomic mass is 9.99. The SMILES string of the molecule is CCNC(=NCc1ccc(COC2CCOCC2)cc1)N1CC(C)C(C(=O)OC)C1.I. The Kier molecular flexibility index (Phi) is 11.0. The molecule has 0 spiro atoms. The summed E-state index contributed by atoms with van der Waals surface area (Å²) in [5, 5.41) is 3.35. The Morgan fingerprint density at radius 3 is 2.52 bits per heavy atom. The third-order valence-corrected chi connectivity index (χ3v) is 5.84. The fourth-order valence-electron chi connectivity index (χ4n) is 3.99. The Morgan fingerprint density at radius 2 is 1.87 bits per heavy atom. The van der Waals surface area contributed by atoms with Gasteiger partial charge in [-0.15, -0.1) is 24.0 Å². The average Bonchev–Trinajstić information content (AvgIpc) is 3.17. The van der Waals surface area contributed by atoms with Crippen molar-refractivity contribution < 1.29 is 19.0 Å². The molecule has 0 amide bonds. The maximum absolute atomic E-state index is 12.0. The van der Waals surface area contributed by atoms with Gasteiger partial charge in [-0.25, -0.2) is 4.99 Å². The first-order chi connectivity index (χ1) is 14.6. The van der Waals surface area contributed by atoms with Crippen molar-refractivity contribution in [2.45, 2.75) is 45.9 Å². The van der Waals surface area contributed by atoms with Gasteiger partial charge in [-0.3, -0.25) is 4.79 Å². The van der Waals surface area contributed by atoms with Crippen molar-refractivity contribution in [1.29, 1.82) is 0 Å². The molecule has 2 unspecified atom stereocenters. The van der Waals surface area contributed by atoms with E-state index in [0.717, 1.165) is 50.7 Å². The molecule has 0 bridgehead atoms. The summed E-state index contributed by atoms with van der Waals surface area (Å²) in [7, 11) is 1.45. The molecular formula is C23H36IN3O4. The molecule has 174 valence electrons. The molecule has 3 rings (SSSR count). The highest BCUT2D eigenvalue weighted by molar-refractivity contribution is 14.0. The number of hydrogen-bond acceptors (Lipinski definition) is 5. The number of ether oxygens (including phenoxy) is 3. The number of halogens is 1. The van der Waals surface area contributed by atoms with E-state index in [1.807, 2.05) is 0 Å². The average molecular weight is 545 g/mol. The Labute approximate surface area is 202 Å². The van der Waals surface area contributed by atoms with Gasteiger partial charge in [-0.05, 0) is 36.8 Å². The number of guanidine groups is 1. The number of benzene rings is 1. The fraction of sp³-hybridized carbons (Fsp3) is 0.652. The summed E-state index contributed by atoms with van der Waals surface area (Å²) in [4.78, 5) is 19.0. The minimum absolute atomic E-state index is 0. The molecular weight excluding hydrogens is 509 g/mol. The van der Waals surface area contributed by atoms with Crippen LogP contribution in [0.5, 0.6) is 0 Å². The van der Waals surface area contributed by atoms with Gasteiger partial charge in [0.25, 0.3) is 0 Å². The first kappa shape index (κ1) is 25.9. The van der Waals surface area contributed by atoms with Crippen LogP contribution in [0.1, 0.15) is 37.8 Å². The van der Waals surface area contributed by atoms with E-state index < -0.39 is 0 Å². The molecule has 2 aliphatic rings. The largest absolute Gasteiger partial charge is 0.469 e. The van der Waals surface area contributed by atoms with Crippen molar-refractivity contribution in [3.05, 3.63) is 35.4 Å². The predicted molar refractivity (Wildman–Crippen MR) is 132 cm³/mol. The molecule has 2 fully saturated rings. The second kappa shape index (κ2) is 13.2. The lowest BCUT2D eigenvalue weighted by Gasteiger charge is -2.22. The summed E-state index contributed by atoms with van der Waals surface area (Å²) >= 11 is 0. The number of carbonyl (C=O) groups excluding carboxylic acids is 1. The van der Waals surface area contributed by atoms with Crippen LogP contribution >= 0.6 is 24.0 Å². The smallest absolute Gasteiger partial charge is 0.310 e. The van der Waals surface area contributed by atoms with E-state index in [1.54, 1.807) is 0 Å². The van der Waals surface area contributed by atoms with Gasteiger partial charge in [0.15, 0.2) is 5.96 Å². The highest BCUT2D eigenvalue weighted by atomic mass is 127. The summed E-state index contributed by atoms with van der Waals surface area (Å²) in [5.41, 5.74) is 2.33. The molecule has 1 aromatic carbocycles. The molecule has 0 aromatic heterocycles. The first-order valence-electron chi connectivity index (χ1n) is 11.0. The van der Waals surface area contributed by atoms with Crippen molar-refractivity contribution >= 4 is 35.9 Å². The monoisotopic (exact) mass is 545 g/mol. The molecule has 0 aliphatic carbocycles. The molecule has 2 heterocycles. The zero-order valence-electron chi connectivity index (χ0n) is 18.8. The number of carbonyl (C=O) groups is 1. The standard InChI is InChI=1S/C23H35N3O4.HI/c1-4-24-23(26-14-17(2)21(15-26)22(27)28-3)25-13-18-5-7-19(8-6-18)16-30-20-9-11-29-12-10-20;/h5-8,17,20-21H,4,9-16H2,1-3H3,(H,24,25);1H. The maximum atomic E-state index is 12.0. The quantitative estimate of drug-likeness (QED) is 0.246. The number of methoxy groups -OCH3 is 1. The predicted octanol–water partition coefficient (Wildman–Crippen LogP) is 3.21. The van der Waals surface area contributed by atoms with E-state index in [-0.39, 0.29) is 41.8 Å². The number of likely N-dealkylation sites (tertiary alicyclic amines) is 1. The molecule has 0 saturated carbocycles. The van der Waals surface area contributed by atoms with E-state index in [4.69, 9.17) is 19.2 Å². The molecule has 1 aromatic rings. The molecule has 31 heavy (non-hydrogen) atoms. The van der Waals surface area contributed by atoms with Gasteiger partial charge in [0, 0.05) is 32.8 Å². The minimum Gasteiger partial charge on any atom is -0.469 e. The van der Waals surface area contributed by atoms with E-state index in [0.29, 0.717) is 25.8 Å². The molecule has 7 nitrogen and oxygen atoms in total. The Bertz CT molecular complexity index is 707. The molecule has 0 radical (unpaired) electrons. The number of rotatable bonds is 7. The number of nitrogens with one attached hydrogen (secondary N) is 1. The normalized spacial score (nSPS) is 22.2. The van der Waals surface area contributed by atoms with Crippen LogP contribution in [-0.4, -0.2) is 62.9 Å². The van der Waals surface area contributed by atoms with Crippen LogP contribution in [0.4, 0.5) is 0 Å². The van der Waals surface area contributed by atoms with Crippen LogP contribution in [0.15, 0.2) is 29.3 Å². The van der Waals surface area contributed by atoms with Crippen molar-refractivity contribution in [1.82, 2.24) is 10.2 Å². The highest BCUT2D eigenvalue weighted by Crippen LogP contribution is 2.24. The fourth-order valence-corrected chi connectivity index (χ4v) is 3.99. The molecule has 2 saturated heterocycles. The summed E-state index contributed by atoms with van der Waals surface area (Å²) < 4.78 is 16.3. The van der Waals surface area contributed by atoms with E-state index in [2.05, 4.69) is 48.3 Å². The summed E-state index contributed by atoms with van der Waals surface area (Å²) in [6, 6.07) is 8.45. The van der Waals surface area contributed by atoms with Gasteiger partial charge < -0.3 is 24.4 Å². The van der Waals surface area contributed by atoms with Gasteiger partial charge in [0.2, 0.25) is 0 Å². The zero-order valence-corrected chi connectivity index (χ0v) is 21.2. The lowest BCUT2D eigenvalue weighted by Crippen LogP contribution is -2.40. The minimum atomic E-state index is -0.139. The zero-order chi connectivity index (χ0) is 21.3. The Balaban J connectivity index is 0.00000341. The van der Waals surface area contributed by atoms with Crippen molar-refractivity contribution in [2.75, 3.05) is 40.0 Å². The van der Waals surface area contributed by atoms with Crippen LogP contribution in [0.25, 0.3) is 0 Å². The van der Waals surface area contributed by atoms with Gasteiger partial charge in [-0.1, -0.05) is 31.2 Å². The Hall–Kier alpha value is -1.39. The van der Waals surface area contributed by atoms with E-state index in [1.165, 1.54) is 12.7 Å². The van der Waals surface area contributed by atoms with Crippen molar-refractivity contribution in [3.8, 4) is 0 Å². The number of nitrogens with zero attached hydrogens (tertiary/aromatic N) is 2. The number of aliphatic imine (C=N–C) groups is 1. The molecule has 1 N–H and O–H groups in total. The van der Waals surface area contributed by atoms with E-state index in [9.17, 15) is 4.79 Å². The van der Waals surface area contributed by atoms with Crippen LogP contribution in [0.3, 0.4) is 0 Å². The maximum Gasteiger partial charge on any atom is 0.310 e. The molecule has 2 aliphatic heterocycles. The third kappa shape index (κ3) is 7.61. The van der Waals surface area contributed by atoms with Crippen LogP contribution in [0, 0.1) is 11.8 Å². The first-order valence-corrected chi connectivity index (χ1v) is 11.0. The summed E-state index contributed by atoms with van der Waals surface area (Å²) in [6.45, 7) is 9.20. The van der Waals surface area contributed by atoms with Gasteiger partial charge >= 0.3 is 5.97 Å². The van der Waals surface area contributed by atoms with Crippen LogP contribution in [-0.2, 0) is 32.2 Å². The third-order valence-electron chi connectivity index (χ3n) is 5.84.